The molecular formula is C18H26ClN3O2S. The summed E-state index contributed by atoms with van der Waals surface area (Å²) in [6.45, 7) is 7.00. The van der Waals surface area contributed by atoms with Crippen molar-refractivity contribution in [1.82, 2.24) is 9.80 Å². The van der Waals surface area contributed by atoms with Crippen LogP contribution in [-0.4, -0.2) is 54.1 Å². The van der Waals surface area contributed by atoms with Crippen LogP contribution in [0, 0.1) is 5.92 Å². The second kappa shape index (κ2) is 9.25. The first-order chi connectivity index (χ1) is 12.0. The Morgan fingerprint density at radius 2 is 2.16 bits per heavy atom. The van der Waals surface area contributed by atoms with Crippen LogP contribution in [0.25, 0.3) is 0 Å². The molecule has 1 heterocycles. The molecular weight excluding hydrogens is 358 g/mol. The number of carbonyl (C=O) groups is 1. The number of nitrogens with zero attached hydrogens (tertiary/aromatic N) is 2. The van der Waals surface area contributed by atoms with E-state index in [-0.39, 0.29) is 11.8 Å². The lowest BCUT2D eigenvalue weighted by atomic mass is 9.96. The summed E-state index contributed by atoms with van der Waals surface area (Å²) in [7, 11) is 1.61. The first-order valence-electron chi connectivity index (χ1n) is 8.68. The van der Waals surface area contributed by atoms with Gasteiger partial charge in [0.15, 0.2) is 5.11 Å². The summed E-state index contributed by atoms with van der Waals surface area (Å²) < 4.78 is 5.35. The van der Waals surface area contributed by atoms with Crippen LogP contribution in [0.2, 0.25) is 5.02 Å². The van der Waals surface area contributed by atoms with Crippen LogP contribution >= 0.6 is 23.8 Å². The lowest BCUT2D eigenvalue weighted by Crippen LogP contribution is -2.47. The van der Waals surface area contributed by atoms with Gasteiger partial charge in [0.2, 0.25) is 5.91 Å². The Balaban J connectivity index is 2.05. The summed E-state index contributed by atoms with van der Waals surface area (Å²) in [5.74, 6) is 0.895. The first-order valence-corrected chi connectivity index (χ1v) is 9.47. The normalized spacial score (nSPS) is 17.1. The number of ether oxygens (including phenoxy) is 1. The lowest BCUT2D eigenvalue weighted by Gasteiger charge is -2.36. The predicted octanol–water partition coefficient (Wildman–Crippen LogP) is 3.63. The van der Waals surface area contributed by atoms with Gasteiger partial charge in [-0.05, 0) is 57.1 Å². The topological polar surface area (TPSA) is 44.8 Å². The Labute approximate surface area is 160 Å². The summed E-state index contributed by atoms with van der Waals surface area (Å²) in [5, 5.41) is 4.42. The Morgan fingerprint density at radius 3 is 2.80 bits per heavy atom. The van der Waals surface area contributed by atoms with Crippen molar-refractivity contribution >= 4 is 40.5 Å². The van der Waals surface area contributed by atoms with Crippen molar-refractivity contribution in [3.63, 3.8) is 0 Å². The quantitative estimate of drug-likeness (QED) is 0.786. The molecule has 0 spiro atoms. The number of anilines is 1. The summed E-state index contributed by atoms with van der Waals surface area (Å²) in [5.41, 5.74) is 0.734. The molecule has 0 radical (unpaired) electrons. The molecule has 1 N–H and O–H groups in total. The predicted molar refractivity (Wildman–Crippen MR) is 106 cm³/mol. The molecule has 0 aliphatic carbocycles. The molecule has 1 aliphatic heterocycles. The van der Waals surface area contributed by atoms with Crippen molar-refractivity contribution < 1.29 is 9.53 Å². The molecule has 1 atom stereocenters. The maximum atomic E-state index is 12.6. The van der Waals surface area contributed by atoms with Gasteiger partial charge in [-0.1, -0.05) is 11.6 Å². The van der Waals surface area contributed by atoms with Crippen molar-refractivity contribution in [2.45, 2.75) is 26.7 Å². The number of likely N-dealkylation sites (tertiary alicyclic amines) is 1. The number of thiocarbonyl (C=S) groups is 1. The Bertz CT molecular complexity index is 622. The van der Waals surface area contributed by atoms with Crippen molar-refractivity contribution in [2.24, 2.45) is 5.92 Å². The Morgan fingerprint density at radius 1 is 1.44 bits per heavy atom. The third kappa shape index (κ3) is 4.98. The maximum Gasteiger partial charge on any atom is 0.227 e. The fourth-order valence-electron chi connectivity index (χ4n) is 3.13. The number of benzene rings is 1. The highest BCUT2D eigenvalue weighted by molar-refractivity contribution is 7.80. The highest BCUT2D eigenvalue weighted by atomic mass is 35.5. The molecule has 1 saturated heterocycles. The van der Waals surface area contributed by atoms with E-state index in [1.807, 2.05) is 18.7 Å². The average molecular weight is 384 g/mol. The van der Waals surface area contributed by atoms with Crippen LogP contribution in [0.4, 0.5) is 5.69 Å². The molecule has 0 aromatic heterocycles. The molecule has 1 aromatic rings. The molecule has 1 unspecified atom stereocenters. The zero-order valence-electron chi connectivity index (χ0n) is 15.0. The highest BCUT2D eigenvalue weighted by Crippen LogP contribution is 2.28. The molecule has 1 aromatic carbocycles. The van der Waals surface area contributed by atoms with Crippen molar-refractivity contribution in [2.75, 3.05) is 38.6 Å². The monoisotopic (exact) mass is 383 g/mol. The van der Waals surface area contributed by atoms with Crippen LogP contribution in [0.5, 0.6) is 5.75 Å². The summed E-state index contributed by atoms with van der Waals surface area (Å²) in [6, 6.07) is 5.36. The summed E-state index contributed by atoms with van der Waals surface area (Å²) in [4.78, 5) is 16.6. The molecule has 1 aliphatic rings. The van der Waals surface area contributed by atoms with Crippen molar-refractivity contribution in [3.8, 4) is 5.75 Å². The number of halogens is 1. The van der Waals surface area contributed by atoms with Gasteiger partial charge >= 0.3 is 0 Å². The van der Waals surface area contributed by atoms with E-state index in [2.05, 4.69) is 10.2 Å². The minimum absolute atomic E-state index is 0.00495. The number of carbonyl (C=O) groups excluding carboxylic acids is 1. The number of methoxy groups -OCH3 is 1. The molecule has 138 valence electrons. The number of nitrogens with one attached hydrogen (secondary N) is 1. The molecule has 0 bridgehead atoms. The minimum Gasteiger partial charge on any atom is -0.495 e. The number of hydrogen-bond donors (Lipinski definition) is 1. The van der Waals surface area contributed by atoms with E-state index >= 15 is 0 Å². The van der Waals surface area contributed by atoms with Gasteiger partial charge in [0, 0.05) is 31.2 Å². The molecule has 25 heavy (non-hydrogen) atoms. The van der Waals surface area contributed by atoms with Gasteiger partial charge in [0.1, 0.15) is 5.75 Å². The van der Waals surface area contributed by atoms with Crippen LogP contribution in [0.1, 0.15) is 26.7 Å². The van der Waals surface area contributed by atoms with E-state index in [1.165, 1.54) is 0 Å². The fraction of sp³-hybridized carbons (Fsp3) is 0.556. The Hall–Kier alpha value is -1.53. The molecule has 2 rings (SSSR count). The van der Waals surface area contributed by atoms with E-state index < -0.39 is 0 Å². The number of rotatable bonds is 5. The molecule has 7 heteroatoms. The number of amides is 1. The molecule has 1 fully saturated rings. The average Bonchev–Trinajstić information content (AvgIpc) is 2.63. The van der Waals surface area contributed by atoms with Crippen LogP contribution in [0.15, 0.2) is 18.2 Å². The lowest BCUT2D eigenvalue weighted by molar-refractivity contribution is -0.136. The van der Waals surface area contributed by atoms with Gasteiger partial charge in [-0.15, -0.1) is 0 Å². The van der Waals surface area contributed by atoms with E-state index in [1.54, 1.807) is 25.3 Å². The van der Waals surface area contributed by atoms with E-state index in [0.29, 0.717) is 22.4 Å². The third-order valence-electron chi connectivity index (χ3n) is 4.54. The molecule has 5 nitrogen and oxygen atoms in total. The molecule has 0 saturated carbocycles. The van der Waals surface area contributed by atoms with Gasteiger partial charge in [0.05, 0.1) is 18.7 Å². The van der Waals surface area contributed by atoms with E-state index in [0.717, 1.165) is 38.2 Å². The number of hydrogen-bond acceptors (Lipinski definition) is 3. The van der Waals surface area contributed by atoms with Gasteiger partial charge in [-0.2, -0.15) is 0 Å². The van der Waals surface area contributed by atoms with Gasteiger partial charge < -0.3 is 19.9 Å². The van der Waals surface area contributed by atoms with Gasteiger partial charge in [-0.3, -0.25) is 4.79 Å². The fourth-order valence-corrected chi connectivity index (χ4v) is 3.58. The summed E-state index contributed by atoms with van der Waals surface area (Å²) in [6.07, 6.45) is 1.86. The second-order valence-electron chi connectivity index (χ2n) is 6.07. The molecule has 1 amide bonds. The first kappa shape index (κ1) is 19.8. The standard InChI is InChI=1S/C18H26ClN3O2S/c1-4-21(5-2)17(23)13-7-6-10-22(12-13)18(25)20-15-11-14(19)8-9-16(15)24-3/h8-9,11,13H,4-7,10,12H2,1-3H3,(H,20,25). The smallest absolute Gasteiger partial charge is 0.227 e. The SMILES string of the molecule is CCN(CC)C(=O)C1CCCN(C(=S)Nc2cc(Cl)ccc2OC)C1. The van der Waals surface area contributed by atoms with Crippen molar-refractivity contribution in [3.05, 3.63) is 23.2 Å². The van der Waals surface area contributed by atoms with Gasteiger partial charge in [0.25, 0.3) is 0 Å². The summed E-state index contributed by atoms with van der Waals surface area (Å²) >= 11 is 11.6. The second-order valence-corrected chi connectivity index (χ2v) is 6.89. The highest BCUT2D eigenvalue weighted by Gasteiger charge is 2.29. The zero-order valence-corrected chi connectivity index (χ0v) is 16.6. The third-order valence-corrected chi connectivity index (χ3v) is 5.13. The van der Waals surface area contributed by atoms with Crippen molar-refractivity contribution in [1.29, 1.82) is 0 Å². The minimum atomic E-state index is -0.00495. The number of piperidine rings is 1. The van der Waals surface area contributed by atoms with Crippen LogP contribution in [-0.2, 0) is 4.79 Å². The van der Waals surface area contributed by atoms with E-state index in [4.69, 9.17) is 28.6 Å². The van der Waals surface area contributed by atoms with Crippen LogP contribution in [0.3, 0.4) is 0 Å². The largest absolute Gasteiger partial charge is 0.495 e. The van der Waals surface area contributed by atoms with Crippen LogP contribution < -0.4 is 10.1 Å². The maximum absolute atomic E-state index is 12.6. The van der Waals surface area contributed by atoms with E-state index in [9.17, 15) is 4.79 Å². The zero-order chi connectivity index (χ0) is 18.4. The Kier molecular flexibility index (Phi) is 7.32. The van der Waals surface area contributed by atoms with Gasteiger partial charge in [-0.25, -0.2) is 0 Å².